The third-order valence-electron chi connectivity index (χ3n) is 10.4. The first kappa shape index (κ1) is 27.9. The van der Waals surface area contributed by atoms with E-state index in [9.17, 15) is 4.39 Å². The predicted molar refractivity (Wildman–Crippen MR) is 200 cm³/mol. The van der Waals surface area contributed by atoms with Gasteiger partial charge in [0.15, 0.2) is 0 Å². The molecule has 10 rings (SSSR count). The maximum atomic E-state index is 14.0. The van der Waals surface area contributed by atoms with E-state index in [4.69, 9.17) is 4.42 Å². The van der Waals surface area contributed by atoms with Crippen LogP contribution >= 0.6 is 0 Å². The standard InChI is InChI=1S/C45H31FN2O/c1-45(2)37-13-6-3-10-32(37)33-24-22-31(27-38(33)45)47(41-15-9-17-43-44(41)35-12-5-8-16-42(35)49-43)30-23-25-40-36(26-30)34-11-4-7-14-39(34)48(40)29-20-18-28(46)19-21-29/h3-27H,1-2H3. The molecule has 0 spiro atoms. The van der Waals surface area contributed by atoms with Crippen LogP contribution in [-0.2, 0) is 5.41 Å². The van der Waals surface area contributed by atoms with Crippen molar-refractivity contribution in [1.29, 1.82) is 0 Å². The molecule has 2 aromatic heterocycles. The van der Waals surface area contributed by atoms with Crippen LogP contribution in [0.4, 0.5) is 21.5 Å². The van der Waals surface area contributed by atoms with Crippen molar-refractivity contribution in [1.82, 2.24) is 4.57 Å². The number of furan rings is 1. The van der Waals surface area contributed by atoms with Gasteiger partial charge in [-0.25, -0.2) is 4.39 Å². The highest BCUT2D eigenvalue weighted by molar-refractivity contribution is 6.15. The summed E-state index contributed by atoms with van der Waals surface area (Å²) in [5.74, 6) is -0.246. The zero-order valence-corrected chi connectivity index (χ0v) is 27.1. The molecule has 0 aliphatic heterocycles. The van der Waals surface area contributed by atoms with Crippen LogP contribution in [0.15, 0.2) is 156 Å². The molecule has 0 amide bonds. The second kappa shape index (κ2) is 10.2. The Labute approximate surface area is 283 Å². The molecule has 0 saturated heterocycles. The van der Waals surface area contributed by atoms with Crippen LogP contribution in [-0.4, -0.2) is 4.57 Å². The van der Waals surface area contributed by atoms with Crippen molar-refractivity contribution in [2.24, 2.45) is 0 Å². The van der Waals surface area contributed by atoms with Gasteiger partial charge >= 0.3 is 0 Å². The van der Waals surface area contributed by atoms with E-state index in [2.05, 4.69) is 139 Å². The summed E-state index contributed by atoms with van der Waals surface area (Å²) < 4.78 is 22.6. The third kappa shape index (κ3) is 4.01. The highest BCUT2D eigenvalue weighted by Gasteiger charge is 2.36. The molecule has 0 radical (unpaired) electrons. The number of anilines is 3. The molecular weight excluding hydrogens is 604 g/mol. The molecule has 0 atom stereocenters. The van der Waals surface area contributed by atoms with E-state index in [1.165, 1.54) is 34.4 Å². The van der Waals surface area contributed by atoms with Gasteiger partial charge in [-0.15, -0.1) is 0 Å². The highest BCUT2D eigenvalue weighted by Crippen LogP contribution is 2.51. The summed E-state index contributed by atoms with van der Waals surface area (Å²) in [5.41, 5.74) is 13.1. The number of hydrogen-bond acceptors (Lipinski definition) is 2. The third-order valence-corrected chi connectivity index (χ3v) is 10.4. The lowest BCUT2D eigenvalue weighted by molar-refractivity contribution is 0.627. The Morgan fingerprint density at radius 3 is 2.10 bits per heavy atom. The molecule has 234 valence electrons. The molecule has 1 aliphatic rings. The Bertz CT molecular complexity index is 2770. The minimum absolute atomic E-state index is 0.144. The van der Waals surface area contributed by atoms with Crippen molar-refractivity contribution in [3.05, 3.63) is 169 Å². The molecule has 2 heterocycles. The predicted octanol–water partition coefficient (Wildman–Crippen LogP) is 12.6. The Balaban J connectivity index is 1.26. The summed E-state index contributed by atoms with van der Waals surface area (Å²) in [6.07, 6.45) is 0. The van der Waals surface area contributed by atoms with Gasteiger partial charge in [0.05, 0.1) is 22.1 Å². The van der Waals surface area contributed by atoms with E-state index in [1.54, 1.807) is 0 Å². The van der Waals surface area contributed by atoms with Crippen LogP contribution in [0.3, 0.4) is 0 Å². The molecule has 0 unspecified atom stereocenters. The summed E-state index contributed by atoms with van der Waals surface area (Å²) in [4.78, 5) is 2.38. The number of para-hydroxylation sites is 2. The smallest absolute Gasteiger partial charge is 0.137 e. The maximum Gasteiger partial charge on any atom is 0.137 e. The number of nitrogens with zero attached hydrogens (tertiary/aromatic N) is 2. The molecule has 49 heavy (non-hydrogen) atoms. The van der Waals surface area contributed by atoms with Gasteiger partial charge in [0.1, 0.15) is 17.0 Å². The topological polar surface area (TPSA) is 21.3 Å². The number of aromatic nitrogens is 1. The fourth-order valence-corrected chi connectivity index (χ4v) is 8.17. The summed E-state index contributed by atoms with van der Waals surface area (Å²) in [6.45, 7) is 4.65. The van der Waals surface area contributed by atoms with Crippen molar-refractivity contribution < 1.29 is 8.81 Å². The average molecular weight is 635 g/mol. The van der Waals surface area contributed by atoms with Crippen LogP contribution in [0.2, 0.25) is 0 Å². The van der Waals surface area contributed by atoms with Crippen LogP contribution in [0.5, 0.6) is 0 Å². The number of benzene rings is 7. The molecule has 7 aromatic carbocycles. The Morgan fingerprint density at radius 1 is 0.551 bits per heavy atom. The van der Waals surface area contributed by atoms with E-state index in [-0.39, 0.29) is 11.2 Å². The fourth-order valence-electron chi connectivity index (χ4n) is 8.17. The Morgan fingerprint density at radius 2 is 1.22 bits per heavy atom. The van der Waals surface area contributed by atoms with Crippen LogP contribution < -0.4 is 4.90 Å². The van der Waals surface area contributed by atoms with E-state index in [0.29, 0.717) is 0 Å². The van der Waals surface area contributed by atoms with Crippen molar-refractivity contribution in [3.8, 4) is 16.8 Å². The first-order valence-electron chi connectivity index (χ1n) is 16.7. The van der Waals surface area contributed by atoms with Crippen molar-refractivity contribution >= 4 is 60.8 Å². The van der Waals surface area contributed by atoms with Gasteiger partial charge < -0.3 is 13.9 Å². The van der Waals surface area contributed by atoms with Gasteiger partial charge in [-0.05, 0) is 101 Å². The molecule has 0 saturated carbocycles. The number of fused-ring (bicyclic) bond motifs is 9. The zero-order valence-electron chi connectivity index (χ0n) is 27.1. The minimum atomic E-state index is -0.246. The van der Waals surface area contributed by atoms with Crippen molar-refractivity contribution in [3.63, 3.8) is 0 Å². The van der Waals surface area contributed by atoms with Gasteiger partial charge in [0.2, 0.25) is 0 Å². The van der Waals surface area contributed by atoms with Gasteiger partial charge in [0.25, 0.3) is 0 Å². The van der Waals surface area contributed by atoms with E-state index >= 15 is 0 Å². The molecular formula is C45H31FN2O. The molecule has 4 heteroatoms. The second-order valence-corrected chi connectivity index (χ2v) is 13.5. The summed E-state index contributed by atoms with van der Waals surface area (Å²) in [6, 6.07) is 52.2. The van der Waals surface area contributed by atoms with E-state index in [0.717, 1.165) is 66.5 Å². The quantitative estimate of drug-likeness (QED) is 0.192. The molecule has 3 nitrogen and oxygen atoms in total. The van der Waals surface area contributed by atoms with E-state index in [1.807, 2.05) is 24.3 Å². The molecule has 1 aliphatic carbocycles. The van der Waals surface area contributed by atoms with Gasteiger partial charge in [-0.3, -0.25) is 0 Å². The van der Waals surface area contributed by atoms with Crippen molar-refractivity contribution in [2.75, 3.05) is 4.90 Å². The first-order valence-corrected chi connectivity index (χ1v) is 16.7. The lowest BCUT2D eigenvalue weighted by Crippen LogP contribution is -2.16. The van der Waals surface area contributed by atoms with Gasteiger partial charge in [-0.1, -0.05) is 86.6 Å². The number of rotatable bonds is 4. The number of halogens is 1. The normalized spacial score (nSPS) is 13.4. The SMILES string of the molecule is CC1(C)c2ccccc2-c2ccc(N(c3ccc4c(c3)c3ccccc3n4-c3ccc(F)cc3)c3cccc4oc5ccccc5c34)cc21. The van der Waals surface area contributed by atoms with Crippen molar-refractivity contribution in [2.45, 2.75) is 19.3 Å². The zero-order chi connectivity index (χ0) is 32.9. The average Bonchev–Trinajstić information content (AvgIpc) is 3.75. The van der Waals surface area contributed by atoms with Crippen LogP contribution in [0.1, 0.15) is 25.0 Å². The molecule has 0 fully saturated rings. The summed E-state index contributed by atoms with van der Waals surface area (Å²) in [5, 5.41) is 4.43. The second-order valence-electron chi connectivity index (χ2n) is 13.5. The monoisotopic (exact) mass is 634 g/mol. The first-order chi connectivity index (χ1) is 24.0. The fraction of sp³-hybridized carbons (Fsp3) is 0.0667. The largest absolute Gasteiger partial charge is 0.456 e. The van der Waals surface area contributed by atoms with Crippen LogP contribution in [0, 0.1) is 5.82 Å². The molecule has 0 bridgehead atoms. The maximum absolute atomic E-state index is 14.0. The molecule has 0 N–H and O–H groups in total. The Kier molecular flexibility index (Phi) is 5.81. The lowest BCUT2D eigenvalue weighted by atomic mass is 9.82. The van der Waals surface area contributed by atoms with E-state index < -0.39 is 0 Å². The summed E-state index contributed by atoms with van der Waals surface area (Å²) in [7, 11) is 0. The highest BCUT2D eigenvalue weighted by atomic mass is 19.1. The minimum Gasteiger partial charge on any atom is -0.456 e. The summed E-state index contributed by atoms with van der Waals surface area (Å²) >= 11 is 0. The number of hydrogen-bond donors (Lipinski definition) is 0. The lowest BCUT2D eigenvalue weighted by Gasteiger charge is -2.29. The van der Waals surface area contributed by atoms with Crippen LogP contribution in [0.25, 0.3) is 60.6 Å². The molecule has 9 aromatic rings. The van der Waals surface area contributed by atoms with Gasteiger partial charge in [-0.2, -0.15) is 0 Å². The van der Waals surface area contributed by atoms with Gasteiger partial charge in [0, 0.05) is 38.6 Å². The Hall–Kier alpha value is -6.13.